The number of aliphatic hydroxyl groups excluding tert-OH is 1. The summed E-state index contributed by atoms with van der Waals surface area (Å²) in [6.45, 7) is 9.15. The van der Waals surface area contributed by atoms with Gasteiger partial charge in [-0.05, 0) is 44.8 Å². The lowest BCUT2D eigenvalue weighted by molar-refractivity contribution is 0.141. The second-order valence-corrected chi connectivity index (χ2v) is 4.99. The van der Waals surface area contributed by atoms with Crippen molar-refractivity contribution < 1.29 is 5.11 Å². The highest BCUT2D eigenvalue weighted by Crippen LogP contribution is 2.19. The maximum atomic E-state index is 9.29. The molecule has 1 aliphatic rings. The minimum Gasteiger partial charge on any atom is -0.395 e. The third kappa shape index (κ3) is 4.81. The van der Waals surface area contributed by atoms with Crippen molar-refractivity contribution in [3.05, 3.63) is 0 Å². The van der Waals surface area contributed by atoms with Gasteiger partial charge in [0, 0.05) is 12.6 Å². The van der Waals surface area contributed by atoms with E-state index in [9.17, 15) is 5.11 Å². The van der Waals surface area contributed by atoms with Gasteiger partial charge < -0.3 is 15.3 Å². The number of nitrogens with one attached hydrogen (secondary N) is 1. The van der Waals surface area contributed by atoms with Gasteiger partial charge >= 0.3 is 0 Å². The Morgan fingerprint density at radius 1 is 1.31 bits per heavy atom. The maximum absolute atomic E-state index is 9.29. The Morgan fingerprint density at radius 2 is 2.00 bits per heavy atom. The SMILES string of the molecule is CCCNC(CO)CN1CCC(CC)CC1. The summed E-state index contributed by atoms with van der Waals surface area (Å²) in [6, 6.07) is 0.262. The Kier molecular flexibility index (Phi) is 7.01. The number of aliphatic hydroxyl groups is 1. The molecule has 1 heterocycles. The fraction of sp³-hybridized carbons (Fsp3) is 1.00. The summed E-state index contributed by atoms with van der Waals surface area (Å²) in [4.78, 5) is 2.50. The van der Waals surface area contributed by atoms with Crippen LogP contribution in [0.4, 0.5) is 0 Å². The molecular weight excluding hydrogens is 200 g/mol. The van der Waals surface area contributed by atoms with Crippen LogP contribution in [-0.2, 0) is 0 Å². The van der Waals surface area contributed by atoms with Crippen molar-refractivity contribution in [3.8, 4) is 0 Å². The molecule has 0 spiro atoms. The molecule has 0 bridgehead atoms. The molecule has 0 amide bonds. The van der Waals surface area contributed by atoms with E-state index in [1.54, 1.807) is 0 Å². The predicted molar refractivity (Wildman–Crippen MR) is 68.6 cm³/mol. The molecule has 3 nitrogen and oxygen atoms in total. The standard InChI is InChI=1S/C13H28N2O/c1-3-7-14-13(11-16)10-15-8-5-12(4-2)6-9-15/h12-14,16H,3-11H2,1-2H3. The molecule has 1 rings (SSSR count). The van der Waals surface area contributed by atoms with E-state index in [2.05, 4.69) is 24.1 Å². The van der Waals surface area contributed by atoms with Gasteiger partial charge in [0.1, 0.15) is 0 Å². The second-order valence-electron chi connectivity index (χ2n) is 4.99. The summed E-state index contributed by atoms with van der Waals surface area (Å²) >= 11 is 0. The molecule has 1 fully saturated rings. The van der Waals surface area contributed by atoms with Crippen molar-refractivity contribution in [2.45, 2.75) is 45.6 Å². The lowest BCUT2D eigenvalue weighted by Gasteiger charge is -2.33. The first-order chi connectivity index (χ1) is 7.80. The van der Waals surface area contributed by atoms with E-state index in [0.717, 1.165) is 25.4 Å². The Bertz CT molecular complexity index is 167. The van der Waals surface area contributed by atoms with Crippen LogP contribution in [0.2, 0.25) is 0 Å². The van der Waals surface area contributed by atoms with Crippen LogP contribution in [0, 0.1) is 5.92 Å². The van der Waals surface area contributed by atoms with Gasteiger partial charge in [-0.25, -0.2) is 0 Å². The normalized spacial score (nSPS) is 21.2. The van der Waals surface area contributed by atoms with Gasteiger partial charge in [0.25, 0.3) is 0 Å². The van der Waals surface area contributed by atoms with Gasteiger partial charge in [-0.3, -0.25) is 0 Å². The van der Waals surface area contributed by atoms with Crippen LogP contribution in [-0.4, -0.2) is 48.8 Å². The van der Waals surface area contributed by atoms with Crippen molar-refractivity contribution >= 4 is 0 Å². The first-order valence-electron chi connectivity index (χ1n) is 6.86. The molecule has 0 saturated carbocycles. The quantitative estimate of drug-likeness (QED) is 0.692. The fourth-order valence-electron chi connectivity index (χ4n) is 2.42. The number of likely N-dealkylation sites (tertiary alicyclic amines) is 1. The minimum absolute atomic E-state index is 0.258. The summed E-state index contributed by atoms with van der Waals surface area (Å²) in [5.41, 5.74) is 0. The summed E-state index contributed by atoms with van der Waals surface area (Å²) in [7, 11) is 0. The zero-order valence-electron chi connectivity index (χ0n) is 10.9. The minimum atomic E-state index is 0.258. The van der Waals surface area contributed by atoms with Crippen molar-refractivity contribution in [1.29, 1.82) is 0 Å². The first-order valence-corrected chi connectivity index (χ1v) is 6.86. The van der Waals surface area contributed by atoms with Crippen LogP contribution in [0.5, 0.6) is 0 Å². The van der Waals surface area contributed by atoms with E-state index in [4.69, 9.17) is 0 Å². The van der Waals surface area contributed by atoms with E-state index in [-0.39, 0.29) is 12.6 Å². The topological polar surface area (TPSA) is 35.5 Å². The molecule has 0 aromatic rings. The molecule has 1 atom stereocenters. The van der Waals surface area contributed by atoms with E-state index >= 15 is 0 Å². The summed E-state index contributed by atoms with van der Waals surface area (Å²) in [6.07, 6.45) is 5.13. The maximum Gasteiger partial charge on any atom is 0.0597 e. The van der Waals surface area contributed by atoms with Gasteiger partial charge in [-0.1, -0.05) is 20.3 Å². The smallest absolute Gasteiger partial charge is 0.0597 e. The lowest BCUT2D eigenvalue weighted by atomic mass is 9.94. The average Bonchev–Trinajstić information content (AvgIpc) is 2.35. The predicted octanol–water partition coefficient (Wildman–Crippen LogP) is 1.47. The van der Waals surface area contributed by atoms with Crippen LogP contribution in [0.3, 0.4) is 0 Å². The highest BCUT2D eigenvalue weighted by atomic mass is 16.3. The monoisotopic (exact) mass is 228 g/mol. The third-order valence-electron chi connectivity index (χ3n) is 3.67. The number of piperidine rings is 1. The van der Waals surface area contributed by atoms with Crippen LogP contribution in [0.1, 0.15) is 39.5 Å². The zero-order valence-corrected chi connectivity index (χ0v) is 10.9. The van der Waals surface area contributed by atoms with E-state index < -0.39 is 0 Å². The summed E-state index contributed by atoms with van der Waals surface area (Å²) in [5.74, 6) is 0.937. The fourth-order valence-corrected chi connectivity index (χ4v) is 2.42. The molecule has 1 saturated heterocycles. The van der Waals surface area contributed by atoms with Crippen LogP contribution in [0.25, 0.3) is 0 Å². The highest BCUT2D eigenvalue weighted by Gasteiger charge is 2.19. The van der Waals surface area contributed by atoms with Gasteiger partial charge in [0.15, 0.2) is 0 Å². The van der Waals surface area contributed by atoms with Gasteiger partial charge in [-0.15, -0.1) is 0 Å². The molecular formula is C13H28N2O. The number of hydrogen-bond acceptors (Lipinski definition) is 3. The molecule has 96 valence electrons. The Morgan fingerprint density at radius 3 is 2.50 bits per heavy atom. The molecule has 1 aliphatic heterocycles. The number of hydrogen-bond donors (Lipinski definition) is 2. The third-order valence-corrected chi connectivity index (χ3v) is 3.67. The van der Waals surface area contributed by atoms with Crippen LogP contribution >= 0.6 is 0 Å². The van der Waals surface area contributed by atoms with Gasteiger partial charge in [0.2, 0.25) is 0 Å². The largest absolute Gasteiger partial charge is 0.395 e. The number of rotatable bonds is 7. The van der Waals surface area contributed by atoms with E-state index in [0.29, 0.717) is 0 Å². The summed E-state index contributed by atoms with van der Waals surface area (Å²) in [5, 5.41) is 12.7. The van der Waals surface area contributed by atoms with Gasteiger partial charge in [-0.2, -0.15) is 0 Å². The molecule has 0 aliphatic carbocycles. The average molecular weight is 228 g/mol. The molecule has 2 N–H and O–H groups in total. The van der Waals surface area contributed by atoms with Crippen molar-refractivity contribution in [1.82, 2.24) is 10.2 Å². The van der Waals surface area contributed by atoms with E-state index in [1.807, 2.05) is 0 Å². The molecule has 0 radical (unpaired) electrons. The van der Waals surface area contributed by atoms with E-state index in [1.165, 1.54) is 32.4 Å². The van der Waals surface area contributed by atoms with Crippen LogP contribution < -0.4 is 5.32 Å². The van der Waals surface area contributed by atoms with Gasteiger partial charge in [0.05, 0.1) is 6.61 Å². The van der Waals surface area contributed by atoms with Crippen molar-refractivity contribution in [2.24, 2.45) is 5.92 Å². The Hall–Kier alpha value is -0.120. The molecule has 0 aromatic carbocycles. The number of nitrogens with zero attached hydrogens (tertiary/aromatic N) is 1. The summed E-state index contributed by atoms with van der Waals surface area (Å²) < 4.78 is 0. The van der Waals surface area contributed by atoms with Crippen molar-refractivity contribution in [3.63, 3.8) is 0 Å². The Labute approximate surface area is 100 Å². The van der Waals surface area contributed by atoms with Crippen LogP contribution in [0.15, 0.2) is 0 Å². The lowest BCUT2D eigenvalue weighted by Crippen LogP contribution is -2.46. The zero-order chi connectivity index (χ0) is 11.8. The first kappa shape index (κ1) is 13.9. The highest BCUT2D eigenvalue weighted by molar-refractivity contribution is 4.76. The molecule has 3 heteroatoms. The molecule has 0 aromatic heterocycles. The second kappa shape index (κ2) is 8.04. The molecule has 1 unspecified atom stereocenters. The molecule has 16 heavy (non-hydrogen) atoms. The van der Waals surface area contributed by atoms with Crippen molar-refractivity contribution in [2.75, 3.05) is 32.8 Å². The Balaban J connectivity index is 2.20.